The van der Waals surface area contributed by atoms with E-state index in [0.717, 1.165) is 17.5 Å². The lowest BCUT2D eigenvalue weighted by Crippen LogP contribution is -2.45. The lowest BCUT2D eigenvalue weighted by molar-refractivity contribution is -0.124. The second-order valence-corrected chi connectivity index (χ2v) is 9.50. The van der Waals surface area contributed by atoms with Gasteiger partial charge in [0.2, 0.25) is 5.91 Å². The first-order valence-electron chi connectivity index (χ1n) is 10.6. The lowest BCUT2D eigenvalue weighted by Gasteiger charge is -2.25. The number of carbonyl (C=O) groups excluding carboxylic acids is 1. The van der Waals surface area contributed by atoms with Crippen molar-refractivity contribution in [1.29, 1.82) is 0 Å². The number of aromatic nitrogens is 2. The van der Waals surface area contributed by atoms with Gasteiger partial charge in [0.05, 0.1) is 6.54 Å². The molecule has 8 nitrogen and oxygen atoms in total. The molecule has 164 valence electrons. The van der Waals surface area contributed by atoms with Crippen molar-refractivity contribution < 1.29 is 13.2 Å². The van der Waals surface area contributed by atoms with E-state index in [-0.39, 0.29) is 10.8 Å². The molecule has 3 aromatic rings. The Labute approximate surface area is 186 Å². The van der Waals surface area contributed by atoms with Crippen LogP contribution >= 0.6 is 0 Å². The van der Waals surface area contributed by atoms with Crippen molar-refractivity contribution in [3.8, 4) is 0 Å². The average Bonchev–Trinajstić information content (AvgIpc) is 3.53. The molecule has 0 radical (unpaired) electrons. The Morgan fingerprint density at radius 2 is 1.84 bits per heavy atom. The van der Waals surface area contributed by atoms with Crippen molar-refractivity contribution in [1.82, 2.24) is 20.0 Å². The Hall–Kier alpha value is -3.46. The van der Waals surface area contributed by atoms with Gasteiger partial charge >= 0.3 is 0 Å². The Morgan fingerprint density at radius 1 is 1.06 bits per heavy atom. The maximum Gasteiger partial charge on any atom is 0.285 e. The standard InChI is InChI=1S/C23H23N5O3S/c29-23(24-15-17-7-1-2-8-18(17)16-27-13-6-12-25-27)20-10-5-14-28(20)22-19-9-3-4-11-21(19)32(30,31)26-22/h1-4,6-9,11-13,20H,5,10,14-16H2,(H,24,29)/t20-/m0/s1. The van der Waals surface area contributed by atoms with Gasteiger partial charge in [-0.25, -0.2) is 0 Å². The molecular formula is C23H23N5O3S. The monoisotopic (exact) mass is 449 g/mol. The number of amides is 1. The van der Waals surface area contributed by atoms with Crippen molar-refractivity contribution >= 4 is 21.8 Å². The van der Waals surface area contributed by atoms with E-state index < -0.39 is 16.1 Å². The highest BCUT2D eigenvalue weighted by molar-refractivity contribution is 7.90. The molecule has 1 N–H and O–H groups in total. The van der Waals surface area contributed by atoms with Gasteiger partial charge in [0, 0.05) is 31.0 Å². The summed E-state index contributed by atoms with van der Waals surface area (Å²) >= 11 is 0. The summed E-state index contributed by atoms with van der Waals surface area (Å²) in [6.07, 6.45) is 5.10. The summed E-state index contributed by atoms with van der Waals surface area (Å²) in [6.45, 7) is 1.61. The molecule has 2 aromatic carbocycles. The molecule has 2 aliphatic heterocycles. The number of amidine groups is 1. The number of likely N-dealkylation sites (tertiary alicyclic amines) is 1. The number of rotatable bonds is 5. The van der Waals surface area contributed by atoms with Crippen LogP contribution in [0.2, 0.25) is 0 Å². The van der Waals surface area contributed by atoms with Crippen LogP contribution in [0.15, 0.2) is 76.3 Å². The first-order chi connectivity index (χ1) is 15.5. The van der Waals surface area contributed by atoms with Crippen LogP contribution in [-0.4, -0.2) is 47.4 Å². The molecule has 0 aliphatic carbocycles. The number of hydrogen-bond acceptors (Lipinski definition) is 5. The Bertz CT molecular complexity index is 1280. The molecule has 0 bridgehead atoms. The molecule has 1 aromatic heterocycles. The molecular weight excluding hydrogens is 426 g/mol. The number of benzene rings is 2. The zero-order valence-electron chi connectivity index (χ0n) is 17.4. The minimum Gasteiger partial charge on any atom is -0.350 e. The molecule has 32 heavy (non-hydrogen) atoms. The molecule has 5 rings (SSSR count). The Morgan fingerprint density at radius 3 is 2.66 bits per heavy atom. The fourth-order valence-electron chi connectivity index (χ4n) is 4.34. The summed E-state index contributed by atoms with van der Waals surface area (Å²) in [4.78, 5) is 15.1. The Kier molecular flexibility index (Phi) is 5.26. The number of nitrogens with zero attached hydrogens (tertiary/aromatic N) is 4. The maximum absolute atomic E-state index is 13.1. The summed E-state index contributed by atoms with van der Waals surface area (Å²) in [5.41, 5.74) is 2.67. The smallest absolute Gasteiger partial charge is 0.285 e. The van der Waals surface area contributed by atoms with Gasteiger partial charge < -0.3 is 10.2 Å². The highest BCUT2D eigenvalue weighted by Crippen LogP contribution is 2.31. The van der Waals surface area contributed by atoms with E-state index in [0.29, 0.717) is 37.5 Å². The summed E-state index contributed by atoms with van der Waals surface area (Å²) in [5.74, 6) is 0.248. The highest BCUT2D eigenvalue weighted by Gasteiger charge is 2.39. The summed E-state index contributed by atoms with van der Waals surface area (Å²) < 4.78 is 30.8. The van der Waals surface area contributed by atoms with Crippen LogP contribution in [0.25, 0.3) is 0 Å². The molecule has 0 spiro atoms. The van der Waals surface area contributed by atoms with Gasteiger partial charge in [-0.05, 0) is 42.2 Å². The second-order valence-electron chi connectivity index (χ2n) is 7.93. The summed E-state index contributed by atoms with van der Waals surface area (Å²) in [7, 11) is -3.72. The van der Waals surface area contributed by atoms with Crippen LogP contribution in [0.5, 0.6) is 0 Å². The molecule has 1 fully saturated rings. The molecule has 1 amide bonds. The average molecular weight is 450 g/mol. The molecule has 0 saturated carbocycles. The van der Waals surface area contributed by atoms with Gasteiger partial charge in [-0.15, -0.1) is 4.40 Å². The van der Waals surface area contributed by atoms with Gasteiger partial charge in [-0.1, -0.05) is 36.4 Å². The van der Waals surface area contributed by atoms with E-state index in [9.17, 15) is 13.2 Å². The van der Waals surface area contributed by atoms with E-state index in [2.05, 4.69) is 14.8 Å². The molecule has 0 unspecified atom stereocenters. The normalized spacial score (nSPS) is 18.9. The number of carbonyl (C=O) groups is 1. The minimum absolute atomic E-state index is 0.124. The third-order valence-electron chi connectivity index (χ3n) is 5.90. The van der Waals surface area contributed by atoms with Crippen LogP contribution in [0.4, 0.5) is 0 Å². The topological polar surface area (TPSA) is 96.7 Å². The predicted molar refractivity (Wildman–Crippen MR) is 120 cm³/mol. The van der Waals surface area contributed by atoms with Crippen molar-refractivity contribution in [3.05, 3.63) is 83.7 Å². The van der Waals surface area contributed by atoms with Crippen LogP contribution in [0.1, 0.15) is 29.5 Å². The summed E-state index contributed by atoms with van der Waals surface area (Å²) in [5, 5.41) is 7.30. The predicted octanol–water partition coefficient (Wildman–Crippen LogP) is 2.16. The van der Waals surface area contributed by atoms with E-state index in [1.54, 1.807) is 30.5 Å². The van der Waals surface area contributed by atoms with Gasteiger partial charge in [0.1, 0.15) is 10.9 Å². The van der Waals surface area contributed by atoms with Crippen molar-refractivity contribution in [2.75, 3.05) is 6.54 Å². The SMILES string of the molecule is O=C(NCc1ccccc1Cn1cccn1)[C@@H]1CCCN1C1=NS(=O)(=O)c2ccccc21. The van der Waals surface area contributed by atoms with Crippen LogP contribution in [0, 0.1) is 0 Å². The fraction of sp³-hybridized carbons (Fsp3) is 0.261. The van der Waals surface area contributed by atoms with Crippen molar-refractivity contribution in [3.63, 3.8) is 0 Å². The van der Waals surface area contributed by atoms with E-state index >= 15 is 0 Å². The largest absolute Gasteiger partial charge is 0.350 e. The lowest BCUT2D eigenvalue weighted by atomic mass is 10.1. The second kappa shape index (κ2) is 8.23. The highest BCUT2D eigenvalue weighted by atomic mass is 32.2. The Balaban J connectivity index is 1.32. The molecule has 9 heteroatoms. The van der Waals surface area contributed by atoms with E-state index in [1.807, 2.05) is 46.1 Å². The van der Waals surface area contributed by atoms with Crippen LogP contribution < -0.4 is 5.32 Å². The zero-order valence-corrected chi connectivity index (χ0v) is 18.2. The number of nitrogens with one attached hydrogen (secondary N) is 1. The molecule has 1 saturated heterocycles. The fourth-order valence-corrected chi connectivity index (χ4v) is 5.56. The number of fused-ring (bicyclic) bond motifs is 1. The number of hydrogen-bond donors (Lipinski definition) is 1. The number of sulfonamides is 1. The maximum atomic E-state index is 13.1. The third kappa shape index (κ3) is 3.80. The summed E-state index contributed by atoms with van der Waals surface area (Å²) in [6, 6.07) is 16.2. The van der Waals surface area contributed by atoms with Gasteiger partial charge in [0.25, 0.3) is 10.0 Å². The first kappa shape index (κ1) is 20.4. The first-order valence-corrected chi connectivity index (χ1v) is 12.0. The van der Waals surface area contributed by atoms with Gasteiger partial charge in [0.15, 0.2) is 5.84 Å². The van der Waals surface area contributed by atoms with E-state index in [1.165, 1.54) is 0 Å². The van der Waals surface area contributed by atoms with Crippen LogP contribution in [0.3, 0.4) is 0 Å². The van der Waals surface area contributed by atoms with Gasteiger partial charge in [-0.3, -0.25) is 9.48 Å². The quantitative estimate of drug-likeness (QED) is 0.644. The molecule has 3 heterocycles. The van der Waals surface area contributed by atoms with Crippen molar-refractivity contribution in [2.45, 2.75) is 36.9 Å². The molecule has 2 aliphatic rings. The van der Waals surface area contributed by atoms with E-state index in [4.69, 9.17) is 0 Å². The third-order valence-corrected chi connectivity index (χ3v) is 7.23. The minimum atomic E-state index is -3.72. The van der Waals surface area contributed by atoms with Gasteiger partial charge in [-0.2, -0.15) is 13.5 Å². The van der Waals surface area contributed by atoms with Crippen molar-refractivity contribution in [2.24, 2.45) is 4.40 Å². The molecule has 1 atom stereocenters. The zero-order chi connectivity index (χ0) is 22.1. The van der Waals surface area contributed by atoms with Crippen LogP contribution in [-0.2, 0) is 27.9 Å².